The van der Waals surface area contributed by atoms with E-state index in [1.54, 1.807) is 0 Å². The number of hydrogen-bond donors (Lipinski definition) is 1. The molecular weight excluding hydrogens is 302 g/mol. The van der Waals surface area contributed by atoms with E-state index in [0.717, 1.165) is 37.5 Å². The minimum Gasteiger partial charge on any atom is -0.338 e. The van der Waals surface area contributed by atoms with Crippen LogP contribution in [0.4, 0.5) is 5.88 Å². The first-order chi connectivity index (χ1) is 11.4. The van der Waals surface area contributed by atoms with Crippen LogP contribution in [0.15, 0.2) is 10.6 Å². The molecule has 1 aliphatic heterocycles. The molecule has 1 saturated carbocycles. The molecular formula is C19H31N3O2. The quantitative estimate of drug-likeness (QED) is 0.906. The Kier molecular flexibility index (Phi) is 5.28. The van der Waals surface area contributed by atoms with Crippen LogP contribution in [0.2, 0.25) is 0 Å². The minimum absolute atomic E-state index is 0.0184. The predicted molar refractivity (Wildman–Crippen MR) is 95.0 cm³/mol. The van der Waals surface area contributed by atoms with Gasteiger partial charge in [-0.3, -0.25) is 15.0 Å². The first-order valence-electron chi connectivity index (χ1n) is 9.45. The summed E-state index contributed by atoms with van der Waals surface area (Å²) in [5.74, 6) is 1.29. The molecule has 0 bridgehead atoms. The predicted octanol–water partition coefficient (Wildman–Crippen LogP) is 3.96. The highest BCUT2D eigenvalue weighted by molar-refractivity contribution is 5.93. The van der Waals surface area contributed by atoms with Crippen molar-refractivity contribution in [3.63, 3.8) is 0 Å². The number of carbonyl (C=O) groups is 1. The molecule has 134 valence electrons. The second-order valence-electron chi connectivity index (χ2n) is 8.47. The average molecular weight is 333 g/mol. The molecule has 1 aromatic rings. The van der Waals surface area contributed by atoms with Crippen LogP contribution in [0.3, 0.4) is 0 Å². The van der Waals surface area contributed by atoms with Crippen molar-refractivity contribution in [2.75, 3.05) is 18.4 Å². The third-order valence-electron chi connectivity index (χ3n) is 5.41. The number of aromatic nitrogens is 1. The molecule has 1 aromatic heterocycles. The van der Waals surface area contributed by atoms with E-state index in [-0.39, 0.29) is 17.4 Å². The SMILES string of the molecule is CC(C)(C)c1cc(NC(=O)[C@@H]2CCCN2CC2CCCCC2)on1. The number of nitrogens with zero attached hydrogens (tertiary/aromatic N) is 2. The van der Waals surface area contributed by atoms with Crippen molar-refractivity contribution in [3.8, 4) is 0 Å². The number of anilines is 1. The third kappa shape index (κ3) is 4.18. The fourth-order valence-electron chi connectivity index (χ4n) is 3.94. The van der Waals surface area contributed by atoms with E-state index in [1.165, 1.54) is 32.1 Å². The Morgan fingerprint density at radius 3 is 2.67 bits per heavy atom. The van der Waals surface area contributed by atoms with Gasteiger partial charge in [0.25, 0.3) is 0 Å². The standard InChI is InChI=1S/C19H31N3O2/c1-19(2,3)16-12-17(24-21-16)20-18(23)15-10-7-11-22(15)13-14-8-5-4-6-9-14/h12,14-15H,4-11,13H2,1-3H3,(H,20,23)/t15-/m0/s1. The zero-order valence-corrected chi connectivity index (χ0v) is 15.3. The van der Waals surface area contributed by atoms with Crippen LogP contribution in [-0.4, -0.2) is 35.1 Å². The van der Waals surface area contributed by atoms with Gasteiger partial charge in [0, 0.05) is 18.0 Å². The summed E-state index contributed by atoms with van der Waals surface area (Å²) in [6.45, 7) is 8.36. The normalized spacial score (nSPS) is 23.5. The largest absolute Gasteiger partial charge is 0.338 e. The van der Waals surface area contributed by atoms with Crippen molar-refractivity contribution in [1.29, 1.82) is 0 Å². The van der Waals surface area contributed by atoms with Gasteiger partial charge in [-0.2, -0.15) is 0 Å². The lowest BCUT2D eigenvalue weighted by molar-refractivity contribution is -0.120. The molecule has 24 heavy (non-hydrogen) atoms. The maximum Gasteiger partial charge on any atom is 0.244 e. The summed E-state index contributed by atoms with van der Waals surface area (Å²) in [4.78, 5) is 15.1. The third-order valence-corrected chi connectivity index (χ3v) is 5.41. The fraction of sp³-hybridized carbons (Fsp3) is 0.789. The van der Waals surface area contributed by atoms with Gasteiger partial charge in [0.2, 0.25) is 11.8 Å². The highest BCUT2D eigenvalue weighted by atomic mass is 16.5. The van der Waals surface area contributed by atoms with Crippen LogP contribution in [0.1, 0.15) is 71.4 Å². The van der Waals surface area contributed by atoms with Gasteiger partial charge in [0.05, 0.1) is 11.7 Å². The monoisotopic (exact) mass is 333 g/mol. The van der Waals surface area contributed by atoms with Gasteiger partial charge in [-0.05, 0) is 38.1 Å². The van der Waals surface area contributed by atoms with Gasteiger partial charge in [-0.15, -0.1) is 0 Å². The molecule has 1 aliphatic carbocycles. The number of amides is 1. The van der Waals surface area contributed by atoms with Crippen LogP contribution >= 0.6 is 0 Å². The van der Waals surface area contributed by atoms with Crippen molar-refractivity contribution in [2.45, 2.75) is 77.2 Å². The zero-order chi connectivity index (χ0) is 17.2. The van der Waals surface area contributed by atoms with E-state index in [1.807, 2.05) is 6.07 Å². The lowest BCUT2D eigenvalue weighted by Gasteiger charge is -2.30. The molecule has 2 aliphatic rings. The first kappa shape index (κ1) is 17.5. The second kappa shape index (κ2) is 7.26. The van der Waals surface area contributed by atoms with Gasteiger partial charge < -0.3 is 4.52 Å². The number of rotatable bonds is 4. The van der Waals surface area contributed by atoms with E-state index in [0.29, 0.717) is 5.88 Å². The molecule has 1 amide bonds. The van der Waals surface area contributed by atoms with Crippen molar-refractivity contribution in [1.82, 2.24) is 10.1 Å². The number of nitrogens with one attached hydrogen (secondary N) is 1. The van der Waals surface area contributed by atoms with Crippen molar-refractivity contribution in [2.24, 2.45) is 5.92 Å². The summed E-state index contributed by atoms with van der Waals surface area (Å²) in [6, 6.07) is 1.83. The number of hydrogen-bond acceptors (Lipinski definition) is 4. The van der Waals surface area contributed by atoms with E-state index < -0.39 is 0 Å². The fourth-order valence-corrected chi connectivity index (χ4v) is 3.94. The van der Waals surface area contributed by atoms with Crippen molar-refractivity contribution in [3.05, 3.63) is 11.8 Å². The summed E-state index contributed by atoms with van der Waals surface area (Å²) < 4.78 is 5.31. The van der Waals surface area contributed by atoms with E-state index >= 15 is 0 Å². The van der Waals surface area contributed by atoms with Crippen LogP contribution in [-0.2, 0) is 10.2 Å². The zero-order valence-electron chi connectivity index (χ0n) is 15.3. The molecule has 2 heterocycles. The van der Waals surface area contributed by atoms with Gasteiger partial charge in [0.15, 0.2) is 0 Å². The Labute approximate surface area is 145 Å². The lowest BCUT2D eigenvalue weighted by atomic mass is 9.89. The molecule has 0 radical (unpaired) electrons. The Bertz CT molecular complexity index is 555. The highest BCUT2D eigenvalue weighted by Crippen LogP contribution is 2.28. The molecule has 1 saturated heterocycles. The van der Waals surface area contributed by atoms with Gasteiger partial charge >= 0.3 is 0 Å². The second-order valence-corrected chi connectivity index (χ2v) is 8.47. The molecule has 1 N–H and O–H groups in total. The van der Waals surface area contributed by atoms with Crippen LogP contribution < -0.4 is 5.32 Å². The Morgan fingerprint density at radius 2 is 2.00 bits per heavy atom. The molecule has 5 heteroatoms. The summed E-state index contributed by atoms with van der Waals surface area (Å²) in [5.41, 5.74) is 0.788. The molecule has 2 fully saturated rings. The van der Waals surface area contributed by atoms with Crippen LogP contribution in [0.25, 0.3) is 0 Å². The lowest BCUT2D eigenvalue weighted by Crippen LogP contribution is -2.42. The van der Waals surface area contributed by atoms with Crippen LogP contribution in [0.5, 0.6) is 0 Å². The maximum absolute atomic E-state index is 12.7. The van der Waals surface area contributed by atoms with E-state index in [4.69, 9.17) is 4.52 Å². The van der Waals surface area contributed by atoms with Crippen molar-refractivity contribution < 1.29 is 9.32 Å². The smallest absolute Gasteiger partial charge is 0.244 e. The first-order valence-corrected chi connectivity index (χ1v) is 9.45. The molecule has 3 rings (SSSR count). The summed E-state index contributed by atoms with van der Waals surface area (Å²) in [5, 5.41) is 7.01. The average Bonchev–Trinajstić information content (AvgIpc) is 3.17. The topological polar surface area (TPSA) is 58.4 Å². The van der Waals surface area contributed by atoms with E-state index in [2.05, 4.69) is 36.1 Å². The molecule has 5 nitrogen and oxygen atoms in total. The summed E-state index contributed by atoms with van der Waals surface area (Å²) in [6.07, 6.45) is 8.77. The van der Waals surface area contributed by atoms with Crippen molar-refractivity contribution >= 4 is 11.8 Å². The molecule has 0 aromatic carbocycles. The van der Waals surface area contributed by atoms with Gasteiger partial charge in [-0.25, -0.2) is 0 Å². The number of carbonyl (C=O) groups excluding carboxylic acids is 1. The summed E-state index contributed by atoms with van der Waals surface area (Å²) >= 11 is 0. The minimum atomic E-state index is -0.0765. The Hall–Kier alpha value is -1.36. The van der Waals surface area contributed by atoms with Gasteiger partial charge in [-0.1, -0.05) is 45.2 Å². The van der Waals surface area contributed by atoms with E-state index in [9.17, 15) is 4.79 Å². The maximum atomic E-state index is 12.7. The Balaban J connectivity index is 1.58. The van der Waals surface area contributed by atoms with Crippen LogP contribution in [0, 0.1) is 5.92 Å². The molecule has 1 atom stereocenters. The molecule has 0 unspecified atom stereocenters. The van der Waals surface area contributed by atoms with Gasteiger partial charge in [0.1, 0.15) is 0 Å². The molecule has 0 spiro atoms. The highest BCUT2D eigenvalue weighted by Gasteiger charge is 2.33. The number of likely N-dealkylation sites (tertiary alicyclic amines) is 1. The Morgan fingerprint density at radius 1 is 1.25 bits per heavy atom. The summed E-state index contributed by atoms with van der Waals surface area (Å²) in [7, 11) is 0.